The van der Waals surface area contributed by atoms with Crippen LogP contribution in [0.25, 0.3) is 0 Å². The number of nitriles is 1. The van der Waals surface area contributed by atoms with Crippen LogP contribution in [-0.2, 0) is 0 Å². The number of aryl methyl sites for hydroxylation is 1. The molecule has 2 N–H and O–H groups in total. The van der Waals surface area contributed by atoms with E-state index in [0.29, 0.717) is 10.9 Å². The second-order valence-electron chi connectivity index (χ2n) is 3.18. The highest BCUT2D eigenvalue weighted by Crippen LogP contribution is 2.22. The van der Waals surface area contributed by atoms with Crippen LogP contribution in [0.15, 0.2) is 23.2 Å². The van der Waals surface area contributed by atoms with Gasteiger partial charge >= 0.3 is 5.97 Å². The highest BCUT2D eigenvalue weighted by Gasteiger charge is 2.10. The van der Waals surface area contributed by atoms with Crippen LogP contribution in [0.4, 0.5) is 5.69 Å². The van der Waals surface area contributed by atoms with E-state index in [4.69, 9.17) is 10.4 Å². The van der Waals surface area contributed by atoms with Crippen LogP contribution in [0.2, 0.25) is 0 Å². The molecule has 5 nitrogen and oxygen atoms in total. The predicted octanol–water partition coefficient (Wildman–Crippen LogP) is 2.11. The monoisotopic (exact) mass is 249 g/mol. The molecule has 0 aliphatic carbocycles. The van der Waals surface area contributed by atoms with E-state index in [1.54, 1.807) is 24.6 Å². The van der Waals surface area contributed by atoms with Crippen molar-refractivity contribution in [1.29, 1.82) is 5.26 Å². The summed E-state index contributed by atoms with van der Waals surface area (Å²) in [6.07, 6.45) is 3.50. The molecule has 0 atom stereocenters. The Bertz CT molecular complexity index is 506. The van der Waals surface area contributed by atoms with Gasteiger partial charge in [-0.15, -0.1) is 0 Å². The van der Waals surface area contributed by atoms with Crippen molar-refractivity contribution in [1.82, 2.24) is 5.32 Å². The van der Waals surface area contributed by atoms with Crippen LogP contribution in [0.3, 0.4) is 0 Å². The van der Waals surface area contributed by atoms with Gasteiger partial charge in [-0.2, -0.15) is 5.26 Å². The zero-order valence-electron chi connectivity index (χ0n) is 9.39. The minimum atomic E-state index is -1.04. The predicted molar refractivity (Wildman–Crippen MR) is 67.5 cm³/mol. The summed E-state index contributed by atoms with van der Waals surface area (Å²) in [4.78, 5) is 15.1. The first kappa shape index (κ1) is 13.1. The van der Waals surface area contributed by atoms with Crippen molar-refractivity contribution in [2.45, 2.75) is 6.92 Å². The van der Waals surface area contributed by atoms with Crippen molar-refractivity contribution >= 4 is 28.6 Å². The number of amidine groups is 1. The Morgan fingerprint density at radius 3 is 2.82 bits per heavy atom. The highest BCUT2D eigenvalue weighted by atomic mass is 32.2. The zero-order valence-corrected chi connectivity index (χ0v) is 10.2. The molecule has 0 aromatic heterocycles. The normalized spacial score (nSPS) is 10.8. The number of nitrogens with zero attached hydrogens (tertiary/aromatic N) is 2. The largest absolute Gasteiger partial charge is 0.478 e. The molecule has 0 aliphatic heterocycles. The van der Waals surface area contributed by atoms with Gasteiger partial charge in [-0.05, 0) is 30.9 Å². The Balaban J connectivity index is 3.24. The number of hydrogen-bond acceptors (Lipinski definition) is 4. The molecule has 0 fully saturated rings. The average molecular weight is 249 g/mol. The number of rotatable bonds is 2. The molecule has 17 heavy (non-hydrogen) atoms. The molecule has 6 heteroatoms. The van der Waals surface area contributed by atoms with Crippen molar-refractivity contribution in [3.05, 3.63) is 29.3 Å². The first-order valence-corrected chi connectivity index (χ1v) is 5.92. The fourth-order valence-corrected chi connectivity index (χ4v) is 1.53. The molecule has 0 heterocycles. The van der Waals surface area contributed by atoms with Crippen molar-refractivity contribution < 1.29 is 9.90 Å². The Morgan fingerprint density at radius 2 is 2.29 bits per heavy atom. The van der Waals surface area contributed by atoms with Crippen LogP contribution in [0.5, 0.6) is 0 Å². The number of carboxylic acids is 1. The molecule has 1 rings (SSSR count). The van der Waals surface area contributed by atoms with Gasteiger partial charge in [0.25, 0.3) is 0 Å². The summed E-state index contributed by atoms with van der Waals surface area (Å²) in [7, 11) is 0. The summed E-state index contributed by atoms with van der Waals surface area (Å²) in [5.41, 5.74) is 1.36. The number of aliphatic imine (C=N–C) groups is 1. The van der Waals surface area contributed by atoms with Gasteiger partial charge in [-0.1, -0.05) is 17.8 Å². The van der Waals surface area contributed by atoms with Gasteiger partial charge in [0, 0.05) is 0 Å². The van der Waals surface area contributed by atoms with Gasteiger partial charge in [0.1, 0.15) is 0 Å². The summed E-state index contributed by atoms with van der Waals surface area (Å²) in [6.45, 7) is 1.85. The van der Waals surface area contributed by atoms with Gasteiger partial charge in [0.2, 0.25) is 0 Å². The lowest BCUT2D eigenvalue weighted by molar-refractivity contribution is 0.0698. The zero-order chi connectivity index (χ0) is 12.8. The van der Waals surface area contributed by atoms with Crippen LogP contribution in [0, 0.1) is 18.4 Å². The van der Waals surface area contributed by atoms with Crippen molar-refractivity contribution in [3.63, 3.8) is 0 Å². The lowest BCUT2D eigenvalue weighted by Gasteiger charge is -2.04. The van der Waals surface area contributed by atoms with E-state index in [0.717, 1.165) is 5.56 Å². The molecule has 0 bridgehead atoms. The number of thioether (sulfide) groups is 1. The number of carboxylic acid groups (broad SMARTS) is 1. The number of aromatic carboxylic acids is 1. The molecule has 0 aliphatic rings. The Hall–Kier alpha value is -2.00. The lowest BCUT2D eigenvalue weighted by atomic mass is 10.1. The second-order valence-corrected chi connectivity index (χ2v) is 3.98. The van der Waals surface area contributed by atoms with Crippen molar-refractivity contribution in [2.24, 2.45) is 4.99 Å². The Kier molecular flexibility index (Phi) is 4.55. The molecule has 88 valence electrons. The summed E-state index contributed by atoms with van der Waals surface area (Å²) >= 11 is 1.24. The van der Waals surface area contributed by atoms with Crippen LogP contribution < -0.4 is 5.32 Å². The minimum absolute atomic E-state index is 0.113. The van der Waals surface area contributed by atoms with E-state index in [2.05, 4.69) is 10.3 Å². The molecule has 1 aromatic carbocycles. The van der Waals surface area contributed by atoms with Crippen LogP contribution in [-0.4, -0.2) is 22.5 Å². The first-order valence-electron chi connectivity index (χ1n) is 4.70. The number of carbonyl (C=O) groups is 1. The topological polar surface area (TPSA) is 85.5 Å². The fraction of sp³-hybridized carbons (Fsp3) is 0.182. The standard InChI is InChI=1S/C11H11N3O2S/c1-7-3-4-8(10(15)16)9(5-7)14-11(17-2)13-6-12/h3-5H,1-2H3,(H,13,14)(H,15,16). The molecule has 1 aromatic rings. The van der Waals surface area contributed by atoms with Gasteiger partial charge in [0.05, 0.1) is 11.3 Å². The third kappa shape index (κ3) is 3.50. The lowest BCUT2D eigenvalue weighted by Crippen LogP contribution is -2.13. The second kappa shape index (κ2) is 5.92. The molecule has 0 saturated heterocycles. The van der Waals surface area contributed by atoms with Gasteiger partial charge in [0.15, 0.2) is 11.4 Å². The molecule has 0 unspecified atom stereocenters. The maximum absolute atomic E-state index is 11.0. The highest BCUT2D eigenvalue weighted by molar-refractivity contribution is 8.13. The number of nitrogens with one attached hydrogen (secondary N) is 1. The van der Waals surface area contributed by atoms with E-state index in [1.165, 1.54) is 17.8 Å². The molecule has 0 spiro atoms. The smallest absolute Gasteiger partial charge is 0.337 e. The SMILES string of the molecule is CSC(=Nc1cc(C)ccc1C(=O)O)NC#N. The summed E-state index contributed by atoms with van der Waals surface area (Å²) < 4.78 is 0. The van der Waals surface area contributed by atoms with E-state index >= 15 is 0 Å². The van der Waals surface area contributed by atoms with E-state index < -0.39 is 5.97 Å². The third-order valence-corrected chi connectivity index (χ3v) is 2.54. The van der Waals surface area contributed by atoms with Gasteiger partial charge in [-0.3, -0.25) is 5.32 Å². The maximum Gasteiger partial charge on any atom is 0.337 e. The Morgan fingerprint density at radius 1 is 1.59 bits per heavy atom. The van der Waals surface area contributed by atoms with Crippen molar-refractivity contribution in [3.8, 4) is 6.19 Å². The summed E-state index contributed by atoms with van der Waals surface area (Å²) in [5.74, 6) is -1.04. The van der Waals surface area contributed by atoms with Crippen LogP contribution >= 0.6 is 11.8 Å². The quantitative estimate of drug-likeness (QED) is 0.363. The van der Waals surface area contributed by atoms with E-state index in [1.807, 2.05) is 6.92 Å². The summed E-state index contributed by atoms with van der Waals surface area (Å²) in [6, 6.07) is 4.87. The van der Waals surface area contributed by atoms with Crippen molar-refractivity contribution in [2.75, 3.05) is 6.26 Å². The molecular formula is C11H11N3O2S. The summed E-state index contributed by atoms with van der Waals surface area (Å²) in [5, 5.41) is 20.3. The first-order chi connectivity index (χ1) is 8.08. The Labute approximate surface area is 103 Å². The molecule has 0 saturated carbocycles. The molecule has 0 amide bonds. The molecule has 0 radical (unpaired) electrons. The van der Waals surface area contributed by atoms with Gasteiger partial charge < -0.3 is 5.11 Å². The number of benzene rings is 1. The van der Waals surface area contributed by atoms with E-state index in [9.17, 15) is 4.79 Å². The fourth-order valence-electron chi connectivity index (χ4n) is 1.20. The minimum Gasteiger partial charge on any atom is -0.478 e. The number of hydrogen-bond donors (Lipinski definition) is 2. The molecular weight excluding hydrogens is 238 g/mol. The van der Waals surface area contributed by atoms with E-state index in [-0.39, 0.29) is 5.56 Å². The maximum atomic E-state index is 11.0. The van der Waals surface area contributed by atoms with Gasteiger partial charge in [-0.25, -0.2) is 9.79 Å². The average Bonchev–Trinajstić information content (AvgIpc) is 2.28. The van der Waals surface area contributed by atoms with Crippen LogP contribution in [0.1, 0.15) is 15.9 Å². The third-order valence-electron chi connectivity index (χ3n) is 1.96.